The maximum Gasteiger partial charge on any atom is 0.335 e. The van der Waals surface area contributed by atoms with Gasteiger partial charge in [-0.05, 0) is 60.9 Å². The van der Waals surface area contributed by atoms with E-state index < -0.39 is 28.4 Å². The summed E-state index contributed by atoms with van der Waals surface area (Å²) in [5, 5.41) is 11.8. The summed E-state index contributed by atoms with van der Waals surface area (Å²) in [5.41, 5.74) is 2.80. The number of aryl methyl sites for hydroxylation is 1. The Hall–Kier alpha value is -3.65. The Balaban J connectivity index is 1.87. The Bertz CT molecular complexity index is 1240. The van der Waals surface area contributed by atoms with E-state index >= 15 is 0 Å². The number of hydrogen-bond donors (Lipinski definition) is 2. The molecule has 0 spiro atoms. The molecule has 0 bridgehead atoms. The summed E-state index contributed by atoms with van der Waals surface area (Å²) in [7, 11) is -3.99. The van der Waals surface area contributed by atoms with Crippen molar-refractivity contribution in [1.29, 1.82) is 0 Å². The molecule has 0 aliphatic carbocycles. The lowest BCUT2D eigenvalue weighted by atomic mass is 10.1. The third kappa shape index (κ3) is 5.15. The molecule has 7 nitrogen and oxygen atoms in total. The highest BCUT2D eigenvalue weighted by molar-refractivity contribution is 7.92. The van der Waals surface area contributed by atoms with E-state index in [0.717, 1.165) is 15.4 Å². The predicted molar refractivity (Wildman–Crippen MR) is 122 cm³/mol. The van der Waals surface area contributed by atoms with E-state index in [4.69, 9.17) is 5.11 Å². The molecule has 0 aliphatic heterocycles. The number of rotatable bonds is 8. The molecule has 3 aromatic rings. The average Bonchev–Trinajstić information content (AvgIpc) is 2.79. The van der Waals surface area contributed by atoms with Crippen molar-refractivity contribution in [2.24, 2.45) is 0 Å². The van der Waals surface area contributed by atoms with E-state index in [2.05, 4.69) is 5.32 Å². The Labute approximate surface area is 187 Å². The molecule has 0 aliphatic rings. The van der Waals surface area contributed by atoms with Gasteiger partial charge in [-0.25, -0.2) is 13.2 Å². The highest BCUT2D eigenvalue weighted by Crippen LogP contribution is 2.28. The zero-order valence-electron chi connectivity index (χ0n) is 17.8. The minimum atomic E-state index is -3.99. The molecule has 8 heteroatoms. The van der Waals surface area contributed by atoms with Gasteiger partial charge in [0.1, 0.15) is 6.54 Å². The monoisotopic (exact) mass is 452 g/mol. The fourth-order valence-corrected chi connectivity index (χ4v) is 4.73. The molecule has 0 saturated carbocycles. The van der Waals surface area contributed by atoms with Gasteiger partial charge in [-0.1, -0.05) is 42.5 Å². The largest absolute Gasteiger partial charge is 0.478 e. The van der Waals surface area contributed by atoms with Crippen LogP contribution < -0.4 is 9.62 Å². The lowest BCUT2D eigenvalue weighted by Gasteiger charge is -2.26. The summed E-state index contributed by atoms with van der Waals surface area (Å²) in [4.78, 5) is 24.0. The molecular formula is C24H24N2O5S. The van der Waals surface area contributed by atoms with Crippen LogP contribution in [0.15, 0.2) is 77.7 Å². The van der Waals surface area contributed by atoms with Crippen molar-refractivity contribution in [3.63, 3.8) is 0 Å². The average molecular weight is 453 g/mol. The molecule has 0 saturated heterocycles. The van der Waals surface area contributed by atoms with Gasteiger partial charge in [-0.2, -0.15) is 0 Å². The molecular weight excluding hydrogens is 428 g/mol. The Morgan fingerprint density at radius 1 is 0.938 bits per heavy atom. The quantitative estimate of drug-likeness (QED) is 0.544. The highest BCUT2D eigenvalue weighted by Gasteiger charge is 2.28. The Morgan fingerprint density at radius 2 is 1.62 bits per heavy atom. The molecule has 0 unspecified atom stereocenters. The number of amides is 1. The van der Waals surface area contributed by atoms with Gasteiger partial charge in [0.15, 0.2) is 0 Å². The van der Waals surface area contributed by atoms with Gasteiger partial charge in [-0.3, -0.25) is 9.10 Å². The number of sulfonamides is 1. The number of hydrogen-bond acceptors (Lipinski definition) is 4. The van der Waals surface area contributed by atoms with Gasteiger partial charge in [0.05, 0.1) is 16.1 Å². The van der Waals surface area contributed by atoms with E-state index in [1.165, 1.54) is 24.3 Å². The van der Waals surface area contributed by atoms with Crippen molar-refractivity contribution in [3.05, 3.63) is 95.1 Å². The second-order valence-corrected chi connectivity index (χ2v) is 9.19. The molecule has 0 atom stereocenters. The van der Waals surface area contributed by atoms with E-state index in [9.17, 15) is 18.0 Å². The van der Waals surface area contributed by atoms with E-state index in [1.54, 1.807) is 42.5 Å². The second-order valence-electron chi connectivity index (χ2n) is 7.33. The molecule has 2 N–H and O–H groups in total. The molecule has 0 heterocycles. The third-order valence-corrected chi connectivity index (χ3v) is 6.90. The van der Waals surface area contributed by atoms with Gasteiger partial charge in [0.25, 0.3) is 10.0 Å². The molecule has 166 valence electrons. The first kappa shape index (κ1) is 23.0. The molecule has 1 amide bonds. The molecule has 3 rings (SSSR count). The van der Waals surface area contributed by atoms with Crippen LogP contribution in [-0.4, -0.2) is 31.9 Å². The van der Waals surface area contributed by atoms with Crippen LogP contribution in [0.4, 0.5) is 5.69 Å². The van der Waals surface area contributed by atoms with Crippen LogP contribution in [0.2, 0.25) is 0 Å². The lowest BCUT2D eigenvalue weighted by molar-refractivity contribution is -0.119. The van der Waals surface area contributed by atoms with Crippen molar-refractivity contribution in [3.8, 4) is 0 Å². The number of carbonyl (C=O) groups is 2. The summed E-state index contributed by atoms with van der Waals surface area (Å²) in [6.07, 6.45) is 0. The first-order valence-electron chi connectivity index (χ1n) is 9.93. The predicted octanol–water partition coefficient (Wildman–Crippen LogP) is 3.51. The fourth-order valence-electron chi connectivity index (χ4n) is 3.23. The van der Waals surface area contributed by atoms with E-state index in [0.29, 0.717) is 11.3 Å². The van der Waals surface area contributed by atoms with Crippen LogP contribution in [0.3, 0.4) is 0 Å². The zero-order valence-corrected chi connectivity index (χ0v) is 18.6. The molecule has 0 fully saturated rings. The number of benzene rings is 3. The lowest BCUT2D eigenvalue weighted by Crippen LogP contribution is -2.41. The molecule has 3 aromatic carbocycles. The second kappa shape index (κ2) is 9.65. The summed E-state index contributed by atoms with van der Waals surface area (Å²) >= 11 is 0. The Kier molecular flexibility index (Phi) is 6.95. The van der Waals surface area contributed by atoms with Crippen LogP contribution in [0, 0.1) is 13.8 Å². The fraction of sp³-hybridized carbons (Fsp3) is 0.167. The maximum absolute atomic E-state index is 13.4. The maximum atomic E-state index is 13.4. The number of carbonyl (C=O) groups excluding carboxylic acids is 1. The van der Waals surface area contributed by atoms with Crippen LogP contribution in [0.1, 0.15) is 27.0 Å². The number of aromatic carboxylic acids is 1. The summed E-state index contributed by atoms with van der Waals surface area (Å²) in [5.74, 6) is -1.57. The first-order valence-corrected chi connectivity index (χ1v) is 11.4. The highest BCUT2D eigenvalue weighted by atomic mass is 32.2. The molecule has 0 radical (unpaired) electrons. The minimum Gasteiger partial charge on any atom is -0.478 e. The number of anilines is 1. The van der Waals surface area contributed by atoms with Crippen molar-refractivity contribution in [1.82, 2.24) is 5.32 Å². The number of carboxylic acid groups (broad SMARTS) is 1. The number of carboxylic acids is 1. The van der Waals surface area contributed by atoms with Crippen LogP contribution in [0.25, 0.3) is 0 Å². The molecule has 0 aromatic heterocycles. The molecule has 32 heavy (non-hydrogen) atoms. The van der Waals surface area contributed by atoms with Crippen LogP contribution in [0.5, 0.6) is 0 Å². The SMILES string of the molecule is Cc1cccc(N(CC(=O)NCc2cccc(C(=O)O)c2)S(=O)(=O)c2ccccc2)c1C. The number of nitrogens with zero attached hydrogens (tertiary/aromatic N) is 1. The Morgan fingerprint density at radius 3 is 2.31 bits per heavy atom. The standard InChI is InChI=1S/C24H24N2O5S/c1-17-8-6-13-22(18(17)2)26(32(30,31)21-11-4-3-5-12-21)16-23(27)25-15-19-9-7-10-20(14-19)24(28)29/h3-14H,15-16H2,1-2H3,(H,25,27)(H,28,29). The van der Waals surface area contributed by atoms with E-state index in [1.807, 2.05) is 19.9 Å². The van der Waals surface area contributed by atoms with Gasteiger partial charge >= 0.3 is 5.97 Å². The van der Waals surface area contributed by atoms with Gasteiger partial charge in [0, 0.05) is 6.54 Å². The van der Waals surface area contributed by atoms with Gasteiger partial charge in [0.2, 0.25) is 5.91 Å². The van der Waals surface area contributed by atoms with Crippen LogP contribution >= 0.6 is 0 Å². The topological polar surface area (TPSA) is 104 Å². The summed E-state index contributed by atoms with van der Waals surface area (Å²) in [6.45, 7) is 3.35. The van der Waals surface area contributed by atoms with Gasteiger partial charge < -0.3 is 10.4 Å². The summed E-state index contributed by atoms with van der Waals surface area (Å²) in [6, 6.07) is 19.5. The normalized spacial score (nSPS) is 11.1. The van der Waals surface area contributed by atoms with Crippen molar-refractivity contribution >= 4 is 27.6 Å². The zero-order chi connectivity index (χ0) is 23.3. The minimum absolute atomic E-state index is 0.0754. The van der Waals surface area contributed by atoms with Crippen molar-refractivity contribution in [2.45, 2.75) is 25.3 Å². The van der Waals surface area contributed by atoms with Crippen LogP contribution in [-0.2, 0) is 21.4 Å². The first-order chi connectivity index (χ1) is 15.2. The third-order valence-electron chi connectivity index (χ3n) is 5.13. The smallest absolute Gasteiger partial charge is 0.335 e. The van der Waals surface area contributed by atoms with Gasteiger partial charge in [-0.15, -0.1) is 0 Å². The number of nitrogens with one attached hydrogen (secondary N) is 1. The van der Waals surface area contributed by atoms with Crippen molar-refractivity contribution < 1.29 is 23.1 Å². The summed E-state index contributed by atoms with van der Waals surface area (Å²) < 4.78 is 27.9. The van der Waals surface area contributed by atoms with Crippen molar-refractivity contribution in [2.75, 3.05) is 10.8 Å². The van der Waals surface area contributed by atoms with E-state index in [-0.39, 0.29) is 17.0 Å².